The zero-order chi connectivity index (χ0) is 10.8. The van der Waals surface area contributed by atoms with Crippen LogP contribution < -0.4 is 0 Å². The maximum atomic E-state index is 10.8. The van der Waals surface area contributed by atoms with E-state index in [0.29, 0.717) is 10.7 Å². The minimum atomic E-state index is 0.595. The fourth-order valence-corrected chi connectivity index (χ4v) is 2.33. The zero-order valence-corrected chi connectivity index (χ0v) is 10.6. The number of hydrogen-bond acceptors (Lipinski definition) is 1. The number of rotatable bonds is 2. The highest BCUT2D eigenvalue weighted by Crippen LogP contribution is 2.23. The Kier molecular flexibility index (Phi) is 3.11. The minimum absolute atomic E-state index is 0.595. The Labute approximate surface area is 106 Å². The Morgan fingerprint density at radius 1 is 1.33 bits per heavy atom. The van der Waals surface area contributed by atoms with Gasteiger partial charge in [-0.2, -0.15) is 0 Å². The lowest BCUT2D eigenvalue weighted by molar-refractivity contribution is 0.111. The first-order chi connectivity index (χ1) is 7.22. The van der Waals surface area contributed by atoms with Crippen molar-refractivity contribution < 1.29 is 4.79 Å². The number of benzene rings is 1. The summed E-state index contributed by atoms with van der Waals surface area (Å²) in [6.45, 7) is 0. The molecule has 15 heavy (non-hydrogen) atoms. The lowest BCUT2D eigenvalue weighted by Gasteiger charge is -2.07. The third kappa shape index (κ3) is 2.08. The Bertz CT molecular complexity index is 507. The molecule has 0 saturated carbocycles. The maximum Gasteiger partial charge on any atom is 0.166 e. The van der Waals surface area contributed by atoms with E-state index in [1.165, 1.54) is 0 Å². The molecule has 4 heteroatoms. The molecule has 0 unspecified atom stereocenters. The molecule has 2 nitrogen and oxygen atoms in total. The maximum absolute atomic E-state index is 10.8. The number of aromatic nitrogens is 1. The first-order valence-electron chi connectivity index (χ1n) is 4.30. The van der Waals surface area contributed by atoms with E-state index in [1.807, 2.05) is 30.5 Å². The smallest absolute Gasteiger partial charge is 0.166 e. The molecular weight excluding hydrogens is 324 g/mol. The molecule has 0 aliphatic rings. The molecule has 1 heterocycles. The van der Waals surface area contributed by atoms with Crippen LogP contribution in [0.4, 0.5) is 0 Å². The summed E-state index contributed by atoms with van der Waals surface area (Å²) in [4.78, 5) is 10.8. The topological polar surface area (TPSA) is 22.0 Å². The summed E-state index contributed by atoms with van der Waals surface area (Å²) in [6.07, 6.45) is 2.63. The van der Waals surface area contributed by atoms with Crippen molar-refractivity contribution in [1.82, 2.24) is 4.57 Å². The quantitative estimate of drug-likeness (QED) is 0.609. The molecule has 1 aromatic heterocycles. The predicted octanol–water partition coefficient (Wildman–Crippen LogP) is 3.55. The Morgan fingerprint density at radius 2 is 2.13 bits per heavy atom. The summed E-state index contributed by atoms with van der Waals surface area (Å²) in [5, 5.41) is 0.640. The standard InChI is InChI=1S/C11H7ClINO/c12-10-6-8(13)3-4-11(10)14-5-1-2-9(14)7-15/h1-7H. The van der Waals surface area contributed by atoms with E-state index >= 15 is 0 Å². The number of halogens is 2. The van der Waals surface area contributed by atoms with Crippen LogP contribution in [0.3, 0.4) is 0 Å². The molecule has 0 atom stereocenters. The molecule has 0 radical (unpaired) electrons. The molecule has 76 valence electrons. The van der Waals surface area contributed by atoms with Crippen LogP contribution in [0.25, 0.3) is 5.69 Å². The molecule has 0 saturated heterocycles. The fraction of sp³-hybridized carbons (Fsp3) is 0. The van der Waals surface area contributed by atoms with Crippen molar-refractivity contribution in [2.45, 2.75) is 0 Å². The van der Waals surface area contributed by atoms with Crippen LogP contribution in [-0.2, 0) is 0 Å². The van der Waals surface area contributed by atoms with Gasteiger partial charge in [-0.1, -0.05) is 11.6 Å². The van der Waals surface area contributed by atoms with Gasteiger partial charge in [0.1, 0.15) is 0 Å². The molecule has 2 rings (SSSR count). The molecule has 0 aliphatic heterocycles. The van der Waals surface area contributed by atoms with E-state index < -0.39 is 0 Å². The average molecular weight is 332 g/mol. The lowest BCUT2D eigenvalue weighted by atomic mass is 10.3. The van der Waals surface area contributed by atoms with Crippen LogP contribution >= 0.6 is 34.2 Å². The Hall–Kier alpha value is -0.810. The molecular formula is C11H7ClINO. The number of aldehydes is 1. The lowest BCUT2D eigenvalue weighted by Crippen LogP contribution is -1.98. The van der Waals surface area contributed by atoms with Gasteiger partial charge in [0.15, 0.2) is 6.29 Å². The van der Waals surface area contributed by atoms with Gasteiger partial charge >= 0.3 is 0 Å². The second-order valence-electron chi connectivity index (χ2n) is 3.02. The number of carbonyl (C=O) groups excluding carboxylic acids is 1. The summed E-state index contributed by atoms with van der Waals surface area (Å²) in [5.74, 6) is 0. The van der Waals surface area contributed by atoms with Crippen molar-refractivity contribution in [1.29, 1.82) is 0 Å². The van der Waals surface area contributed by atoms with Crippen LogP contribution in [0.15, 0.2) is 36.5 Å². The molecule has 0 bridgehead atoms. The second-order valence-corrected chi connectivity index (χ2v) is 4.67. The first-order valence-corrected chi connectivity index (χ1v) is 5.76. The Balaban J connectivity index is 2.59. The van der Waals surface area contributed by atoms with E-state index in [9.17, 15) is 4.79 Å². The van der Waals surface area contributed by atoms with Gasteiger partial charge in [0.2, 0.25) is 0 Å². The average Bonchev–Trinajstić information content (AvgIpc) is 2.65. The van der Waals surface area contributed by atoms with Crippen LogP contribution in [0, 0.1) is 3.57 Å². The van der Waals surface area contributed by atoms with E-state index in [1.54, 1.807) is 10.6 Å². The van der Waals surface area contributed by atoms with E-state index in [2.05, 4.69) is 22.6 Å². The fourth-order valence-electron chi connectivity index (χ4n) is 1.39. The van der Waals surface area contributed by atoms with Gasteiger partial charge in [-0.25, -0.2) is 0 Å². The molecule has 0 fully saturated rings. The predicted molar refractivity (Wildman–Crippen MR) is 68.9 cm³/mol. The molecule has 0 N–H and O–H groups in total. The normalized spacial score (nSPS) is 10.3. The van der Waals surface area contributed by atoms with Crippen molar-refractivity contribution in [3.05, 3.63) is 50.8 Å². The number of nitrogens with zero attached hydrogens (tertiary/aromatic N) is 1. The Morgan fingerprint density at radius 3 is 2.80 bits per heavy atom. The highest BCUT2D eigenvalue weighted by molar-refractivity contribution is 14.1. The molecule has 0 spiro atoms. The summed E-state index contributed by atoms with van der Waals surface area (Å²) < 4.78 is 2.84. The van der Waals surface area contributed by atoms with Crippen LogP contribution in [0.5, 0.6) is 0 Å². The first kappa shape index (κ1) is 10.7. The van der Waals surface area contributed by atoms with Gasteiger partial charge in [-0.3, -0.25) is 4.79 Å². The van der Waals surface area contributed by atoms with Gasteiger partial charge < -0.3 is 4.57 Å². The zero-order valence-electron chi connectivity index (χ0n) is 7.65. The summed E-state index contributed by atoms with van der Waals surface area (Å²) in [7, 11) is 0. The summed E-state index contributed by atoms with van der Waals surface area (Å²) >= 11 is 8.30. The van der Waals surface area contributed by atoms with Crippen molar-refractivity contribution >= 4 is 40.5 Å². The molecule has 0 aliphatic carbocycles. The second kappa shape index (κ2) is 4.37. The third-order valence-electron chi connectivity index (χ3n) is 2.07. The van der Waals surface area contributed by atoms with Crippen LogP contribution in [0.1, 0.15) is 10.5 Å². The summed E-state index contributed by atoms with van der Waals surface area (Å²) in [6, 6.07) is 9.29. The largest absolute Gasteiger partial charge is 0.313 e. The SMILES string of the molecule is O=Cc1cccn1-c1ccc(I)cc1Cl. The highest BCUT2D eigenvalue weighted by Gasteiger charge is 2.06. The van der Waals surface area contributed by atoms with Gasteiger partial charge in [0, 0.05) is 9.77 Å². The third-order valence-corrected chi connectivity index (χ3v) is 3.04. The number of hydrogen-bond donors (Lipinski definition) is 0. The molecule has 0 amide bonds. The minimum Gasteiger partial charge on any atom is -0.313 e. The van der Waals surface area contributed by atoms with Crippen molar-refractivity contribution in [3.63, 3.8) is 0 Å². The monoisotopic (exact) mass is 331 g/mol. The van der Waals surface area contributed by atoms with Crippen molar-refractivity contribution in [3.8, 4) is 5.69 Å². The van der Waals surface area contributed by atoms with E-state index in [-0.39, 0.29) is 0 Å². The van der Waals surface area contributed by atoms with Crippen molar-refractivity contribution in [2.75, 3.05) is 0 Å². The van der Waals surface area contributed by atoms with Gasteiger partial charge in [-0.15, -0.1) is 0 Å². The van der Waals surface area contributed by atoms with E-state index in [4.69, 9.17) is 11.6 Å². The van der Waals surface area contributed by atoms with Gasteiger partial charge in [0.05, 0.1) is 16.4 Å². The highest BCUT2D eigenvalue weighted by atomic mass is 127. The number of carbonyl (C=O) groups is 1. The van der Waals surface area contributed by atoms with Gasteiger partial charge in [0.25, 0.3) is 0 Å². The van der Waals surface area contributed by atoms with Crippen molar-refractivity contribution in [2.24, 2.45) is 0 Å². The molecule has 2 aromatic rings. The summed E-state index contributed by atoms with van der Waals surface area (Å²) in [5.41, 5.74) is 1.42. The van der Waals surface area contributed by atoms with E-state index in [0.717, 1.165) is 15.5 Å². The van der Waals surface area contributed by atoms with Crippen LogP contribution in [0.2, 0.25) is 5.02 Å². The molecule has 1 aromatic carbocycles. The van der Waals surface area contributed by atoms with Crippen LogP contribution in [-0.4, -0.2) is 10.9 Å². The van der Waals surface area contributed by atoms with Gasteiger partial charge in [-0.05, 0) is 52.9 Å².